The van der Waals surface area contributed by atoms with Gasteiger partial charge in [-0.1, -0.05) is 193 Å². The molecule has 1 nitrogen and oxygen atoms in total. The number of allylic oxidation sites excluding steroid dienone is 1. The monoisotopic (exact) mass is 646 g/mol. The summed E-state index contributed by atoms with van der Waals surface area (Å²) in [5.74, 6) is 0.963. The lowest BCUT2D eigenvalue weighted by molar-refractivity contribution is 0.480. The van der Waals surface area contributed by atoms with E-state index in [4.69, 9.17) is 0 Å². The Morgan fingerprint density at radius 3 is 1.51 bits per heavy atom. The van der Waals surface area contributed by atoms with Gasteiger partial charge in [-0.05, 0) is 87.3 Å². The fourth-order valence-corrected chi connectivity index (χ4v) is 4.44. The summed E-state index contributed by atoms with van der Waals surface area (Å²) < 4.78 is 0. The number of hydrogen-bond acceptors (Lipinski definition) is 1. The lowest BCUT2D eigenvalue weighted by Gasteiger charge is -2.05. The second kappa shape index (κ2) is 34.7. The second-order valence-corrected chi connectivity index (χ2v) is 13.0. The Labute approximate surface area is 296 Å². The second-order valence-electron chi connectivity index (χ2n) is 13.0. The molecule has 2 aromatic carbocycles. The van der Waals surface area contributed by atoms with Crippen LogP contribution in [0.4, 0.5) is 0 Å². The van der Waals surface area contributed by atoms with Crippen LogP contribution in [0.5, 0.6) is 0 Å². The van der Waals surface area contributed by atoms with Crippen molar-refractivity contribution in [2.24, 2.45) is 5.92 Å². The summed E-state index contributed by atoms with van der Waals surface area (Å²) in [7, 11) is 0. The van der Waals surface area contributed by atoms with Crippen LogP contribution in [0.3, 0.4) is 0 Å². The van der Waals surface area contributed by atoms with E-state index in [1.807, 2.05) is 20.0 Å². The topological polar surface area (TPSA) is 12.9 Å². The summed E-state index contributed by atoms with van der Waals surface area (Å²) in [6.45, 7) is 34.1. The SMILES string of the molecule is C=C(C)c1cnc(C)c(C)c1.CCC.CCCC(C)CCC.CCCCCCC.CCc1ccc(C)cc1.CCc1cccc(C)c1. The molecular weight excluding hydrogens is 567 g/mol. The third-order valence-corrected chi connectivity index (χ3v) is 7.62. The summed E-state index contributed by atoms with van der Waals surface area (Å²) in [6, 6.07) is 19.4. The van der Waals surface area contributed by atoms with Crippen LogP contribution < -0.4 is 0 Å². The number of rotatable bonds is 11. The van der Waals surface area contributed by atoms with E-state index in [1.54, 1.807) is 0 Å². The quantitative estimate of drug-likeness (QED) is 0.189. The first-order valence-corrected chi connectivity index (χ1v) is 19.1. The molecule has 1 heteroatoms. The van der Waals surface area contributed by atoms with Gasteiger partial charge < -0.3 is 0 Å². The van der Waals surface area contributed by atoms with Crippen molar-refractivity contribution in [2.75, 3.05) is 0 Å². The Morgan fingerprint density at radius 1 is 0.638 bits per heavy atom. The molecule has 3 rings (SSSR count). The first-order chi connectivity index (χ1) is 22.4. The maximum Gasteiger partial charge on any atom is 0.0402 e. The predicted octanol–water partition coefficient (Wildman–Crippen LogP) is 15.5. The van der Waals surface area contributed by atoms with Crippen molar-refractivity contribution < 1.29 is 0 Å². The Hall–Kier alpha value is -2.67. The van der Waals surface area contributed by atoms with Gasteiger partial charge in [-0.3, -0.25) is 4.98 Å². The Kier molecular flexibility index (Phi) is 35.9. The zero-order valence-corrected chi connectivity index (χ0v) is 34.0. The van der Waals surface area contributed by atoms with Crippen LogP contribution in [0.1, 0.15) is 173 Å². The van der Waals surface area contributed by atoms with E-state index in [0.29, 0.717) is 0 Å². The third kappa shape index (κ3) is 31.7. The van der Waals surface area contributed by atoms with Crippen LogP contribution in [0.15, 0.2) is 67.4 Å². The first-order valence-electron chi connectivity index (χ1n) is 19.1. The molecule has 268 valence electrons. The minimum absolute atomic E-state index is 0.963. The normalized spacial score (nSPS) is 9.51. The van der Waals surface area contributed by atoms with Crippen LogP contribution in [0.2, 0.25) is 0 Å². The van der Waals surface area contributed by atoms with Crippen molar-refractivity contribution >= 4 is 5.57 Å². The molecule has 0 amide bonds. The number of aryl methyl sites for hydroxylation is 6. The lowest BCUT2D eigenvalue weighted by atomic mass is 10.0. The fraction of sp³-hybridized carbons (Fsp3) is 0.587. The van der Waals surface area contributed by atoms with E-state index in [9.17, 15) is 0 Å². The van der Waals surface area contributed by atoms with Gasteiger partial charge >= 0.3 is 0 Å². The average molecular weight is 646 g/mol. The first kappa shape index (κ1) is 48.7. The van der Waals surface area contributed by atoms with E-state index in [0.717, 1.165) is 35.6 Å². The standard InChI is InChI=1S/C10H13N.2C9H12.C8H18.C7H16.C3H8/c1-7(2)10-5-8(3)9(4)11-6-10;1-3-9-6-4-8(2)5-7-9;1-3-9-6-4-5-8(2)7-9;1-4-6-8(3)7-5-2;1-3-5-7-6-4-2;1-3-2/h5-6H,1H2,2-4H3;2*4-7H,3H2,1-2H3;8H,4-7H2,1-3H3;3-7H2,1-2H3;3H2,1-2H3. The van der Waals surface area contributed by atoms with E-state index in [-0.39, 0.29) is 0 Å². The van der Waals surface area contributed by atoms with Gasteiger partial charge in [-0.25, -0.2) is 0 Å². The van der Waals surface area contributed by atoms with Crippen LogP contribution in [-0.2, 0) is 12.8 Å². The maximum atomic E-state index is 4.24. The van der Waals surface area contributed by atoms with Crippen molar-refractivity contribution in [1.82, 2.24) is 4.98 Å². The zero-order chi connectivity index (χ0) is 36.5. The molecule has 1 aromatic heterocycles. The smallest absolute Gasteiger partial charge is 0.0402 e. The molecule has 0 aliphatic carbocycles. The number of aromatic nitrogens is 1. The van der Waals surface area contributed by atoms with Gasteiger partial charge in [0.05, 0.1) is 0 Å². The molecule has 0 fully saturated rings. The lowest BCUT2D eigenvalue weighted by Crippen LogP contribution is -1.91. The third-order valence-electron chi connectivity index (χ3n) is 7.62. The van der Waals surface area contributed by atoms with Gasteiger partial charge in [0.25, 0.3) is 0 Å². The van der Waals surface area contributed by atoms with E-state index >= 15 is 0 Å². The molecule has 0 aliphatic rings. The highest BCUT2D eigenvalue weighted by atomic mass is 14.7. The summed E-state index contributed by atoms with van der Waals surface area (Å²) >= 11 is 0. The number of hydrogen-bond donors (Lipinski definition) is 0. The van der Waals surface area contributed by atoms with Gasteiger partial charge in [0, 0.05) is 11.9 Å². The summed E-state index contributed by atoms with van der Waals surface area (Å²) in [5, 5.41) is 0. The highest BCUT2D eigenvalue weighted by Crippen LogP contribution is 2.13. The molecule has 0 saturated carbocycles. The number of unbranched alkanes of at least 4 members (excludes halogenated alkanes) is 4. The van der Waals surface area contributed by atoms with Crippen molar-refractivity contribution in [3.63, 3.8) is 0 Å². The number of pyridine rings is 1. The van der Waals surface area contributed by atoms with Crippen molar-refractivity contribution in [3.8, 4) is 0 Å². The van der Waals surface area contributed by atoms with Crippen LogP contribution >= 0.6 is 0 Å². The summed E-state index contributed by atoms with van der Waals surface area (Å²) in [6.07, 6.45) is 17.9. The van der Waals surface area contributed by atoms with Crippen LogP contribution in [0.25, 0.3) is 5.57 Å². The molecule has 0 radical (unpaired) electrons. The van der Waals surface area contributed by atoms with Gasteiger partial charge in [-0.2, -0.15) is 0 Å². The molecule has 0 unspecified atom stereocenters. The van der Waals surface area contributed by atoms with Crippen molar-refractivity contribution in [2.45, 2.75) is 174 Å². The summed E-state index contributed by atoms with van der Waals surface area (Å²) in [4.78, 5) is 4.24. The molecule has 0 saturated heterocycles. The molecular formula is C46H79N. The minimum Gasteiger partial charge on any atom is -0.261 e. The zero-order valence-electron chi connectivity index (χ0n) is 34.0. The molecule has 1 heterocycles. The largest absolute Gasteiger partial charge is 0.261 e. The molecule has 0 aliphatic heterocycles. The van der Waals surface area contributed by atoms with Crippen LogP contribution in [-0.4, -0.2) is 4.98 Å². The maximum absolute atomic E-state index is 4.24. The molecule has 0 atom stereocenters. The van der Waals surface area contributed by atoms with Gasteiger partial charge in [0.2, 0.25) is 0 Å². The highest BCUT2D eigenvalue weighted by molar-refractivity contribution is 5.61. The Balaban J connectivity index is -0.000000508. The predicted molar refractivity (Wildman–Crippen MR) is 219 cm³/mol. The molecule has 0 spiro atoms. The molecule has 0 N–H and O–H groups in total. The molecule has 3 aromatic rings. The van der Waals surface area contributed by atoms with Crippen molar-refractivity contribution in [1.29, 1.82) is 0 Å². The Morgan fingerprint density at radius 2 is 1.15 bits per heavy atom. The molecule has 47 heavy (non-hydrogen) atoms. The Bertz CT molecular complexity index is 1080. The van der Waals surface area contributed by atoms with Gasteiger partial charge in [0.15, 0.2) is 0 Å². The minimum atomic E-state index is 0.963. The van der Waals surface area contributed by atoms with Crippen LogP contribution in [0, 0.1) is 33.6 Å². The van der Waals surface area contributed by atoms with E-state index in [1.165, 1.54) is 92.0 Å². The van der Waals surface area contributed by atoms with E-state index < -0.39 is 0 Å². The van der Waals surface area contributed by atoms with Crippen molar-refractivity contribution in [3.05, 3.63) is 106 Å². The van der Waals surface area contributed by atoms with E-state index in [2.05, 4.69) is 149 Å². The average Bonchev–Trinajstić information content (AvgIpc) is 3.05. The van der Waals surface area contributed by atoms with Gasteiger partial charge in [0.1, 0.15) is 0 Å². The molecule has 0 bridgehead atoms. The van der Waals surface area contributed by atoms with Gasteiger partial charge in [-0.15, -0.1) is 0 Å². The number of benzene rings is 2. The highest BCUT2D eigenvalue weighted by Gasteiger charge is 1.97. The number of nitrogens with zero attached hydrogens (tertiary/aromatic N) is 1. The fourth-order valence-electron chi connectivity index (χ4n) is 4.44. The summed E-state index contributed by atoms with van der Waals surface area (Å²) in [5.41, 5.74) is 10.1.